The van der Waals surface area contributed by atoms with E-state index in [4.69, 9.17) is 9.47 Å². The molecule has 2 aromatic carbocycles. The molecule has 4 rings (SSSR count). The number of ether oxygens (including phenoxy) is 2. The Morgan fingerprint density at radius 2 is 1.77 bits per heavy atom. The molecule has 2 aromatic rings. The number of likely N-dealkylation sites (tertiary alicyclic amines) is 1. The van der Waals surface area contributed by atoms with Gasteiger partial charge in [0.15, 0.2) is 11.5 Å². The number of aryl methyl sites for hydroxylation is 2. The number of aliphatic hydroxyl groups excluding tert-OH is 1. The minimum absolute atomic E-state index is 0.176. The number of hydrogen-bond donors (Lipinski definition) is 1. The van der Waals surface area contributed by atoms with E-state index in [1.807, 2.05) is 29.2 Å². The number of aliphatic hydroxyl groups is 1. The van der Waals surface area contributed by atoms with Gasteiger partial charge in [0.25, 0.3) is 0 Å². The number of amides is 1. The lowest BCUT2D eigenvalue weighted by Gasteiger charge is -2.35. The molecule has 30 heavy (non-hydrogen) atoms. The molecule has 0 bridgehead atoms. The maximum absolute atomic E-state index is 13.0. The van der Waals surface area contributed by atoms with Crippen molar-refractivity contribution in [3.8, 4) is 11.5 Å². The van der Waals surface area contributed by atoms with E-state index in [0.29, 0.717) is 36.2 Å². The highest BCUT2D eigenvalue weighted by Crippen LogP contribution is 2.39. The number of carbonyl (C=O) groups is 1. The Morgan fingerprint density at radius 1 is 1.07 bits per heavy atom. The van der Waals surface area contributed by atoms with Crippen LogP contribution in [0.5, 0.6) is 11.5 Å². The lowest BCUT2D eigenvalue weighted by molar-refractivity contribution is -0.129. The summed E-state index contributed by atoms with van der Waals surface area (Å²) in [6, 6.07) is 13.8. The standard InChI is InChI=1S/C25H31NO4/c1-16-8-9-17(2)18(10-16)13-25(28)26-14-19-11-21(27)24(12-20(19)15-26)30-23-7-5-4-6-22(23)29-3/h4-10,19-21,24,27H,11-15H2,1-3H3/t19-,20+,21+,24+/m0/s1. The highest BCUT2D eigenvalue weighted by atomic mass is 16.5. The van der Waals surface area contributed by atoms with Gasteiger partial charge in [-0.25, -0.2) is 0 Å². The predicted octanol–water partition coefficient (Wildman–Crippen LogP) is 3.53. The van der Waals surface area contributed by atoms with Crippen LogP contribution in [0.15, 0.2) is 42.5 Å². The van der Waals surface area contributed by atoms with E-state index in [-0.39, 0.29) is 12.0 Å². The van der Waals surface area contributed by atoms with Gasteiger partial charge in [-0.05, 0) is 61.8 Å². The van der Waals surface area contributed by atoms with Crippen LogP contribution in [0.4, 0.5) is 0 Å². The fourth-order valence-electron chi connectivity index (χ4n) is 4.87. The molecule has 160 valence electrons. The first-order valence-corrected chi connectivity index (χ1v) is 10.8. The van der Waals surface area contributed by atoms with Gasteiger partial charge in [-0.3, -0.25) is 4.79 Å². The monoisotopic (exact) mass is 409 g/mol. The van der Waals surface area contributed by atoms with Crippen molar-refractivity contribution in [3.05, 3.63) is 59.2 Å². The molecule has 0 radical (unpaired) electrons. The van der Waals surface area contributed by atoms with Crippen molar-refractivity contribution < 1.29 is 19.4 Å². The molecule has 1 aliphatic carbocycles. The second kappa shape index (κ2) is 8.68. The van der Waals surface area contributed by atoms with Crippen LogP contribution in [0, 0.1) is 25.7 Å². The number of methoxy groups -OCH3 is 1. The Labute approximate surface area is 178 Å². The minimum Gasteiger partial charge on any atom is -0.493 e. The van der Waals surface area contributed by atoms with E-state index < -0.39 is 6.10 Å². The Kier molecular flexibility index (Phi) is 6.00. The number of nitrogens with zero attached hydrogens (tertiary/aromatic N) is 1. The summed E-state index contributed by atoms with van der Waals surface area (Å²) >= 11 is 0. The molecular weight excluding hydrogens is 378 g/mol. The first-order chi connectivity index (χ1) is 14.4. The molecular formula is C25H31NO4. The predicted molar refractivity (Wildman–Crippen MR) is 116 cm³/mol. The summed E-state index contributed by atoms with van der Waals surface area (Å²) < 4.78 is 11.5. The number of benzene rings is 2. The zero-order valence-corrected chi connectivity index (χ0v) is 18.0. The Hall–Kier alpha value is -2.53. The molecule has 1 amide bonds. The SMILES string of the molecule is COc1ccccc1O[C@@H]1C[C@@H]2CN(C(=O)Cc3cc(C)ccc3C)C[C@@H]2C[C@H]1O. The molecule has 2 fully saturated rings. The molecule has 0 aromatic heterocycles. The van der Waals surface area contributed by atoms with E-state index in [0.717, 1.165) is 30.6 Å². The number of rotatable bonds is 5. The molecule has 0 spiro atoms. The van der Waals surface area contributed by atoms with Crippen molar-refractivity contribution in [2.75, 3.05) is 20.2 Å². The smallest absolute Gasteiger partial charge is 0.227 e. The van der Waals surface area contributed by atoms with E-state index in [1.165, 1.54) is 5.56 Å². The number of fused-ring (bicyclic) bond motifs is 1. The van der Waals surface area contributed by atoms with Crippen molar-refractivity contribution in [2.24, 2.45) is 11.8 Å². The van der Waals surface area contributed by atoms with Crippen molar-refractivity contribution in [1.29, 1.82) is 0 Å². The van der Waals surface area contributed by atoms with Crippen LogP contribution in [-0.4, -0.2) is 48.3 Å². The third-order valence-electron chi connectivity index (χ3n) is 6.63. The van der Waals surface area contributed by atoms with E-state index in [9.17, 15) is 9.90 Å². The summed E-state index contributed by atoms with van der Waals surface area (Å²) in [5.74, 6) is 2.19. The van der Waals surface area contributed by atoms with Gasteiger partial charge in [0.05, 0.1) is 19.6 Å². The quantitative estimate of drug-likeness (QED) is 0.821. The molecule has 5 heteroatoms. The average Bonchev–Trinajstić information content (AvgIpc) is 3.14. The Bertz CT molecular complexity index is 912. The summed E-state index contributed by atoms with van der Waals surface area (Å²) in [5.41, 5.74) is 3.44. The molecule has 1 aliphatic heterocycles. The van der Waals surface area contributed by atoms with Crippen LogP contribution in [0.3, 0.4) is 0 Å². The van der Waals surface area contributed by atoms with E-state index in [1.54, 1.807) is 7.11 Å². The molecule has 1 saturated carbocycles. The van der Waals surface area contributed by atoms with E-state index >= 15 is 0 Å². The second-order valence-electron chi connectivity index (χ2n) is 8.77. The van der Waals surface area contributed by atoms with Crippen LogP contribution < -0.4 is 9.47 Å². The van der Waals surface area contributed by atoms with Crippen LogP contribution in [0.25, 0.3) is 0 Å². The van der Waals surface area contributed by atoms with Gasteiger partial charge in [-0.2, -0.15) is 0 Å². The van der Waals surface area contributed by atoms with E-state index in [2.05, 4.69) is 32.0 Å². The molecule has 1 heterocycles. The highest BCUT2D eigenvalue weighted by molar-refractivity contribution is 5.79. The maximum atomic E-state index is 13.0. The number of carbonyl (C=O) groups excluding carboxylic acids is 1. The number of hydrogen-bond acceptors (Lipinski definition) is 4. The largest absolute Gasteiger partial charge is 0.493 e. The van der Waals surface area contributed by atoms with Gasteiger partial charge < -0.3 is 19.5 Å². The Balaban J connectivity index is 1.40. The average molecular weight is 410 g/mol. The van der Waals surface area contributed by atoms with Crippen LogP contribution in [-0.2, 0) is 11.2 Å². The number of para-hydroxylation sites is 2. The normalized spacial score (nSPS) is 25.7. The van der Waals surface area contributed by atoms with Gasteiger partial charge in [0, 0.05) is 13.1 Å². The van der Waals surface area contributed by atoms with Crippen molar-refractivity contribution in [1.82, 2.24) is 4.90 Å². The molecule has 0 unspecified atom stereocenters. The van der Waals surface area contributed by atoms with Crippen LogP contribution in [0.1, 0.15) is 29.5 Å². The fraction of sp³-hybridized carbons (Fsp3) is 0.480. The van der Waals surface area contributed by atoms with Crippen LogP contribution >= 0.6 is 0 Å². The van der Waals surface area contributed by atoms with Gasteiger partial charge in [0.1, 0.15) is 6.10 Å². The van der Waals surface area contributed by atoms with Gasteiger partial charge >= 0.3 is 0 Å². The molecule has 5 nitrogen and oxygen atoms in total. The summed E-state index contributed by atoms with van der Waals surface area (Å²) in [5, 5.41) is 10.7. The highest BCUT2D eigenvalue weighted by Gasteiger charge is 2.44. The second-order valence-corrected chi connectivity index (χ2v) is 8.77. The van der Waals surface area contributed by atoms with Gasteiger partial charge in [0.2, 0.25) is 5.91 Å². The van der Waals surface area contributed by atoms with Crippen molar-refractivity contribution in [3.63, 3.8) is 0 Å². The van der Waals surface area contributed by atoms with Gasteiger partial charge in [-0.15, -0.1) is 0 Å². The lowest BCUT2D eigenvalue weighted by Crippen LogP contribution is -2.42. The van der Waals surface area contributed by atoms with Gasteiger partial charge in [-0.1, -0.05) is 35.9 Å². The first kappa shape index (κ1) is 20.7. The third-order valence-corrected chi connectivity index (χ3v) is 6.63. The minimum atomic E-state index is -0.537. The zero-order valence-electron chi connectivity index (χ0n) is 18.0. The molecule has 1 saturated heterocycles. The molecule has 2 aliphatic rings. The summed E-state index contributed by atoms with van der Waals surface area (Å²) in [6.45, 7) is 5.59. The zero-order chi connectivity index (χ0) is 21.3. The van der Waals surface area contributed by atoms with Crippen molar-refractivity contribution >= 4 is 5.91 Å². The first-order valence-electron chi connectivity index (χ1n) is 10.8. The topological polar surface area (TPSA) is 59.0 Å². The molecule has 1 N–H and O–H groups in total. The summed E-state index contributed by atoms with van der Waals surface area (Å²) in [6.07, 6.45) is 1.03. The molecule has 4 atom stereocenters. The lowest BCUT2D eigenvalue weighted by atomic mass is 9.78. The Morgan fingerprint density at radius 3 is 2.50 bits per heavy atom. The maximum Gasteiger partial charge on any atom is 0.227 e. The summed E-state index contributed by atoms with van der Waals surface area (Å²) in [7, 11) is 1.62. The van der Waals surface area contributed by atoms with Crippen LogP contribution in [0.2, 0.25) is 0 Å². The summed E-state index contributed by atoms with van der Waals surface area (Å²) in [4.78, 5) is 15.0. The third kappa shape index (κ3) is 4.31. The van der Waals surface area contributed by atoms with Crippen molar-refractivity contribution in [2.45, 2.75) is 45.3 Å². The fourth-order valence-corrected chi connectivity index (χ4v) is 4.87.